The van der Waals surface area contributed by atoms with Gasteiger partial charge in [-0.05, 0) is 30.2 Å². The molecular weight excluding hydrogens is 366 g/mol. The number of hydrogen-bond acceptors (Lipinski definition) is 4. The molecule has 1 aliphatic heterocycles. The minimum absolute atomic E-state index is 0.0605. The molecule has 28 heavy (non-hydrogen) atoms. The summed E-state index contributed by atoms with van der Waals surface area (Å²) in [6.07, 6.45) is 0.886. The first-order valence-corrected chi connectivity index (χ1v) is 9.25. The molecule has 2 aromatic carbocycles. The molecule has 1 fully saturated rings. The topological polar surface area (TPSA) is 50.8 Å². The van der Waals surface area contributed by atoms with Crippen LogP contribution in [0, 0.1) is 0 Å². The number of nitrogens with zero attached hydrogens (tertiary/aromatic N) is 1. The Balaban J connectivity index is 1.65. The molecule has 0 spiro atoms. The molecule has 1 saturated heterocycles. The molecule has 0 aromatic heterocycles. The molecule has 0 aliphatic carbocycles. The Morgan fingerprint density at radius 1 is 1.21 bits per heavy atom. The fourth-order valence-corrected chi connectivity index (χ4v) is 3.45. The van der Waals surface area contributed by atoms with E-state index < -0.39 is 6.61 Å². The average molecular weight is 390 g/mol. The van der Waals surface area contributed by atoms with E-state index in [1.807, 2.05) is 29.2 Å². The highest BCUT2D eigenvalue weighted by Gasteiger charge is 2.29. The Kier molecular flexibility index (Phi) is 6.81. The molecule has 0 radical (unpaired) electrons. The predicted octanol–water partition coefficient (Wildman–Crippen LogP) is 3.40. The van der Waals surface area contributed by atoms with Crippen molar-refractivity contribution in [1.82, 2.24) is 10.2 Å². The zero-order chi connectivity index (χ0) is 19.9. The van der Waals surface area contributed by atoms with Gasteiger partial charge in [0.05, 0.1) is 13.2 Å². The summed E-state index contributed by atoms with van der Waals surface area (Å²) < 4.78 is 34.3. The number of amides is 1. The first kappa shape index (κ1) is 20.1. The van der Waals surface area contributed by atoms with Crippen LogP contribution in [0.2, 0.25) is 0 Å². The van der Waals surface area contributed by atoms with Crippen LogP contribution in [0.15, 0.2) is 48.5 Å². The Hall–Kier alpha value is -2.67. The highest BCUT2D eigenvalue weighted by Crippen LogP contribution is 2.30. The number of rotatable bonds is 7. The second kappa shape index (κ2) is 9.50. The van der Waals surface area contributed by atoms with E-state index in [9.17, 15) is 13.6 Å². The van der Waals surface area contributed by atoms with Crippen molar-refractivity contribution in [3.8, 4) is 11.5 Å². The summed E-state index contributed by atoms with van der Waals surface area (Å²) in [6.45, 7) is -0.794. The smallest absolute Gasteiger partial charge is 0.387 e. The van der Waals surface area contributed by atoms with Gasteiger partial charge in [-0.25, -0.2) is 0 Å². The minimum Gasteiger partial charge on any atom is -0.496 e. The van der Waals surface area contributed by atoms with Gasteiger partial charge >= 0.3 is 6.61 Å². The third kappa shape index (κ3) is 4.98. The molecule has 1 aliphatic rings. The fraction of sp³-hybridized carbons (Fsp3) is 0.381. The molecule has 0 bridgehead atoms. The number of benzene rings is 2. The summed E-state index contributed by atoms with van der Waals surface area (Å²) in [6, 6.07) is 14.1. The van der Waals surface area contributed by atoms with Crippen molar-refractivity contribution in [2.24, 2.45) is 0 Å². The molecule has 1 heterocycles. The number of halogens is 2. The Labute approximate surface area is 163 Å². The van der Waals surface area contributed by atoms with Gasteiger partial charge in [0.1, 0.15) is 11.5 Å². The quantitative estimate of drug-likeness (QED) is 0.787. The maximum atomic E-state index is 12.9. The fourth-order valence-electron chi connectivity index (χ4n) is 3.45. The van der Waals surface area contributed by atoms with Crippen molar-refractivity contribution < 1.29 is 23.0 Å². The van der Waals surface area contributed by atoms with Gasteiger partial charge in [0.15, 0.2) is 0 Å². The van der Waals surface area contributed by atoms with E-state index in [1.165, 1.54) is 12.1 Å². The van der Waals surface area contributed by atoms with Crippen LogP contribution >= 0.6 is 0 Å². The maximum absolute atomic E-state index is 12.9. The normalized spacial score (nSPS) is 16.9. The first-order valence-electron chi connectivity index (χ1n) is 9.25. The van der Waals surface area contributed by atoms with Gasteiger partial charge < -0.3 is 19.7 Å². The van der Waals surface area contributed by atoms with Gasteiger partial charge in [0, 0.05) is 31.6 Å². The zero-order valence-corrected chi connectivity index (χ0v) is 15.7. The van der Waals surface area contributed by atoms with E-state index in [0.29, 0.717) is 25.9 Å². The molecule has 5 nitrogen and oxygen atoms in total. The number of carbonyl (C=O) groups excluding carboxylic acids is 1. The third-order valence-electron chi connectivity index (χ3n) is 4.84. The molecule has 3 rings (SSSR count). The van der Waals surface area contributed by atoms with Gasteiger partial charge in [0.25, 0.3) is 0 Å². The lowest BCUT2D eigenvalue weighted by Gasteiger charge is -2.37. The number of carbonyl (C=O) groups is 1. The highest BCUT2D eigenvalue weighted by atomic mass is 19.3. The van der Waals surface area contributed by atoms with E-state index in [-0.39, 0.29) is 17.7 Å². The van der Waals surface area contributed by atoms with E-state index in [4.69, 9.17) is 4.74 Å². The van der Waals surface area contributed by atoms with Crippen LogP contribution in [0.4, 0.5) is 8.78 Å². The molecule has 1 unspecified atom stereocenters. The molecule has 1 atom stereocenters. The number of para-hydroxylation sites is 1. The number of methoxy groups -OCH3 is 1. The average Bonchev–Trinajstić information content (AvgIpc) is 2.72. The van der Waals surface area contributed by atoms with E-state index >= 15 is 0 Å². The second-order valence-electron chi connectivity index (χ2n) is 6.57. The second-order valence-corrected chi connectivity index (χ2v) is 6.57. The van der Waals surface area contributed by atoms with Gasteiger partial charge in [-0.15, -0.1) is 0 Å². The van der Waals surface area contributed by atoms with Crippen LogP contribution < -0.4 is 14.8 Å². The van der Waals surface area contributed by atoms with Crippen molar-refractivity contribution in [2.45, 2.75) is 25.5 Å². The number of piperazine rings is 1. The maximum Gasteiger partial charge on any atom is 0.387 e. The summed E-state index contributed by atoms with van der Waals surface area (Å²) in [7, 11) is 1.63. The number of hydrogen-bond donors (Lipinski definition) is 1. The van der Waals surface area contributed by atoms with Crippen LogP contribution in [-0.2, 0) is 11.2 Å². The predicted molar refractivity (Wildman–Crippen MR) is 102 cm³/mol. The first-order chi connectivity index (χ1) is 13.6. The van der Waals surface area contributed by atoms with Crippen LogP contribution in [-0.4, -0.2) is 44.2 Å². The van der Waals surface area contributed by atoms with Crippen LogP contribution in [0.25, 0.3) is 0 Å². The van der Waals surface area contributed by atoms with Gasteiger partial charge in [0.2, 0.25) is 5.91 Å². The third-order valence-corrected chi connectivity index (χ3v) is 4.84. The Bertz CT molecular complexity index is 783. The Morgan fingerprint density at radius 3 is 2.68 bits per heavy atom. The van der Waals surface area contributed by atoms with Crippen molar-refractivity contribution in [3.05, 3.63) is 59.7 Å². The monoisotopic (exact) mass is 390 g/mol. The van der Waals surface area contributed by atoms with Crippen molar-refractivity contribution in [2.75, 3.05) is 26.7 Å². The van der Waals surface area contributed by atoms with Crippen molar-refractivity contribution in [3.63, 3.8) is 0 Å². The lowest BCUT2D eigenvalue weighted by Crippen LogP contribution is -2.48. The highest BCUT2D eigenvalue weighted by molar-refractivity contribution is 5.77. The zero-order valence-electron chi connectivity index (χ0n) is 15.7. The number of nitrogens with one attached hydrogen (secondary N) is 1. The SMILES string of the molecule is COc1ccccc1C1CNCCN1C(=O)CCc1ccc(OC(F)F)cc1. The number of aryl methyl sites for hydroxylation is 1. The van der Waals surface area contributed by atoms with E-state index in [0.717, 1.165) is 23.4 Å². The van der Waals surface area contributed by atoms with Crippen LogP contribution in [0.3, 0.4) is 0 Å². The number of ether oxygens (including phenoxy) is 2. The van der Waals surface area contributed by atoms with Crippen LogP contribution in [0.5, 0.6) is 11.5 Å². The summed E-state index contributed by atoms with van der Waals surface area (Å²) in [5, 5.41) is 3.34. The Morgan fingerprint density at radius 2 is 1.96 bits per heavy atom. The van der Waals surface area contributed by atoms with Gasteiger partial charge in [-0.2, -0.15) is 8.78 Å². The number of alkyl halides is 2. The van der Waals surface area contributed by atoms with E-state index in [2.05, 4.69) is 10.1 Å². The largest absolute Gasteiger partial charge is 0.496 e. The molecule has 0 saturated carbocycles. The lowest BCUT2D eigenvalue weighted by molar-refractivity contribution is -0.134. The van der Waals surface area contributed by atoms with Gasteiger partial charge in [-0.1, -0.05) is 30.3 Å². The van der Waals surface area contributed by atoms with Gasteiger partial charge in [-0.3, -0.25) is 4.79 Å². The minimum atomic E-state index is -2.84. The molecule has 1 N–H and O–H groups in total. The molecule has 2 aromatic rings. The van der Waals surface area contributed by atoms with Crippen molar-refractivity contribution >= 4 is 5.91 Å². The van der Waals surface area contributed by atoms with Crippen LogP contribution in [0.1, 0.15) is 23.6 Å². The summed E-state index contributed by atoms with van der Waals surface area (Å²) in [4.78, 5) is 14.8. The van der Waals surface area contributed by atoms with Crippen molar-refractivity contribution in [1.29, 1.82) is 0 Å². The van der Waals surface area contributed by atoms with E-state index in [1.54, 1.807) is 19.2 Å². The lowest BCUT2D eigenvalue weighted by atomic mass is 10.0. The standard InChI is InChI=1S/C21H24F2N2O3/c1-27-19-5-3-2-4-17(19)18-14-24-12-13-25(18)20(26)11-8-15-6-9-16(10-7-15)28-21(22)23/h2-7,9-10,18,21,24H,8,11-14H2,1H3. The molecule has 150 valence electrons. The molecule has 1 amide bonds. The summed E-state index contributed by atoms with van der Waals surface area (Å²) >= 11 is 0. The molecular formula is C21H24F2N2O3. The molecule has 7 heteroatoms. The summed E-state index contributed by atoms with van der Waals surface area (Å²) in [5.74, 6) is 0.942. The summed E-state index contributed by atoms with van der Waals surface area (Å²) in [5.41, 5.74) is 1.89.